The molecule has 11 heavy (non-hydrogen) atoms. The summed E-state index contributed by atoms with van der Waals surface area (Å²) in [5.74, 6) is -3.05. The van der Waals surface area contributed by atoms with E-state index in [1.807, 2.05) is 0 Å². The van der Waals surface area contributed by atoms with Gasteiger partial charge in [-0.15, -0.1) is 0 Å². The largest absolute Gasteiger partial charge is 0.389 e. The van der Waals surface area contributed by atoms with Crippen molar-refractivity contribution in [3.8, 4) is 0 Å². The highest BCUT2D eigenvalue weighted by Crippen LogP contribution is 2.05. The summed E-state index contributed by atoms with van der Waals surface area (Å²) in [5.41, 5.74) is 9.89. The molecule has 0 aromatic rings. The number of aliphatic hydroxyl groups is 4. The van der Waals surface area contributed by atoms with Crippen molar-refractivity contribution in [2.24, 2.45) is 11.5 Å². The average molecular weight is 164 g/mol. The van der Waals surface area contributed by atoms with Crippen molar-refractivity contribution in [3.63, 3.8) is 0 Å². The highest BCUT2D eigenvalue weighted by atomic mass is 16.7. The monoisotopic (exact) mass is 164 g/mol. The van der Waals surface area contributed by atoms with Gasteiger partial charge < -0.3 is 31.9 Å². The number of rotatable bonds is 3. The number of aliphatic hydroxyl groups excluding tert-OH is 1. The summed E-state index contributed by atoms with van der Waals surface area (Å²) in [5, 5.41) is 33.9. The van der Waals surface area contributed by atoms with Gasteiger partial charge in [-0.1, -0.05) is 0 Å². The van der Waals surface area contributed by atoms with Crippen LogP contribution in [0.3, 0.4) is 0 Å². The van der Waals surface area contributed by atoms with Crippen molar-refractivity contribution in [1.29, 1.82) is 0 Å². The van der Waals surface area contributed by atoms with Gasteiger partial charge in [0.25, 0.3) is 5.97 Å². The average Bonchev–Trinajstić information content (AvgIpc) is 1.53. The lowest BCUT2D eigenvalue weighted by atomic mass is 10.2. The molecule has 0 radical (unpaired) electrons. The van der Waals surface area contributed by atoms with E-state index in [-0.39, 0.29) is 5.82 Å². The smallest absolute Gasteiger partial charge is 0.278 e. The molecule has 0 spiro atoms. The maximum atomic E-state index is 8.84. The van der Waals surface area contributed by atoms with Crippen molar-refractivity contribution in [1.82, 2.24) is 0 Å². The standard InChI is InChI=1S/C5H12N2O4/c6-4(7)1-3(8)2-5(9,10)11/h1,3,8-11H,2,6-7H2. The Labute approximate surface area is 63.4 Å². The van der Waals surface area contributed by atoms with E-state index in [4.69, 9.17) is 31.9 Å². The molecule has 0 heterocycles. The first-order valence-electron chi connectivity index (χ1n) is 2.89. The second kappa shape index (κ2) is 3.54. The van der Waals surface area contributed by atoms with E-state index < -0.39 is 18.5 Å². The summed E-state index contributed by atoms with van der Waals surface area (Å²) in [6.07, 6.45) is -0.956. The zero-order chi connectivity index (χ0) is 9.07. The van der Waals surface area contributed by atoms with Gasteiger partial charge in [0, 0.05) is 0 Å². The van der Waals surface area contributed by atoms with Crippen LogP contribution in [0.25, 0.3) is 0 Å². The molecule has 0 fully saturated rings. The zero-order valence-corrected chi connectivity index (χ0v) is 5.81. The summed E-state index contributed by atoms with van der Waals surface area (Å²) in [7, 11) is 0. The predicted molar refractivity (Wildman–Crippen MR) is 36.5 cm³/mol. The fourth-order valence-electron chi connectivity index (χ4n) is 0.562. The quantitative estimate of drug-likeness (QED) is 0.248. The molecule has 0 rings (SSSR count). The summed E-state index contributed by atoms with van der Waals surface area (Å²) in [4.78, 5) is 0. The zero-order valence-electron chi connectivity index (χ0n) is 5.81. The van der Waals surface area contributed by atoms with Crippen LogP contribution in [0.15, 0.2) is 11.9 Å². The Hall–Kier alpha value is -0.820. The van der Waals surface area contributed by atoms with E-state index >= 15 is 0 Å². The van der Waals surface area contributed by atoms with E-state index in [1.54, 1.807) is 0 Å². The molecule has 0 aliphatic heterocycles. The summed E-state index contributed by atoms with van der Waals surface area (Å²) in [6.45, 7) is 0. The van der Waals surface area contributed by atoms with E-state index in [2.05, 4.69) is 0 Å². The molecule has 0 aromatic carbocycles. The Kier molecular flexibility index (Phi) is 3.27. The fraction of sp³-hybridized carbons (Fsp3) is 0.600. The Balaban J connectivity index is 3.89. The normalized spacial score (nSPS) is 14.2. The van der Waals surface area contributed by atoms with Crippen molar-refractivity contribution < 1.29 is 20.4 Å². The van der Waals surface area contributed by atoms with Gasteiger partial charge in [-0.3, -0.25) is 0 Å². The number of hydrogen-bond acceptors (Lipinski definition) is 6. The first-order valence-corrected chi connectivity index (χ1v) is 2.89. The van der Waals surface area contributed by atoms with Gasteiger partial charge in [0.05, 0.1) is 18.3 Å². The van der Waals surface area contributed by atoms with Crippen LogP contribution in [-0.2, 0) is 0 Å². The maximum absolute atomic E-state index is 8.84. The van der Waals surface area contributed by atoms with E-state index in [0.29, 0.717) is 0 Å². The fourth-order valence-corrected chi connectivity index (χ4v) is 0.562. The molecular weight excluding hydrogens is 152 g/mol. The van der Waals surface area contributed by atoms with Crippen LogP contribution in [0.1, 0.15) is 6.42 Å². The van der Waals surface area contributed by atoms with Gasteiger partial charge in [0.1, 0.15) is 0 Å². The molecule has 0 saturated carbocycles. The summed E-state index contributed by atoms with van der Waals surface area (Å²) >= 11 is 0. The van der Waals surface area contributed by atoms with Crippen molar-refractivity contribution in [3.05, 3.63) is 11.9 Å². The Morgan fingerprint density at radius 2 is 1.82 bits per heavy atom. The number of nitrogens with two attached hydrogens (primary N) is 2. The predicted octanol–water partition coefficient (Wildman–Crippen LogP) is -2.87. The molecule has 0 saturated heterocycles. The molecule has 0 aliphatic carbocycles. The van der Waals surface area contributed by atoms with Gasteiger partial charge >= 0.3 is 0 Å². The Morgan fingerprint density at radius 1 is 1.36 bits per heavy atom. The Bertz CT molecular complexity index is 147. The van der Waals surface area contributed by atoms with E-state index in [1.165, 1.54) is 0 Å². The molecule has 8 N–H and O–H groups in total. The molecular formula is C5H12N2O4. The Morgan fingerprint density at radius 3 is 2.09 bits per heavy atom. The summed E-state index contributed by atoms with van der Waals surface area (Å²) in [6, 6.07) is 0. The molecule has 0 amide bonds. The highest BCUT2D eigenvalue weighted by Gasteiger charge is 2.21. The topological polar surface area (TPSA) is 133 Å². The lowest BCUT2D eigenvalue weighted by molar-refractivity contribution is -0.320. The second-order valence-corrected chi connectivity index (χ2v) is 2.21. The third kappa shape index (κ3) is 7.07. The molecule has 6 nitrogen and oxygen atoms in total. The SMILES string of the molecule is NC(N)=CC(O)CC(O)(O)O. The minimum Gasteiger partial charge on any atom is -0.389 e. The molecule has 0 bridgehead atoms. The van der Waals surface area contributed by atoms with Crippen LogP contribution < -0.4 is 11.5 Å². The lowest BCUT2D eigenvalue weighted by Gasteiger charge is -2.15. The van der Waals surface area contributed by atoms with Gasteiger partial charge in [0.2, 0.25) is 0 Å². The van der Waals surface area contributed by atoms with E-state index in [9.17, 15) is 0 Å². The van der Waals surface area contributed by atoms with Crippen LogP contribution in [0.2, 0.25) is 0 Å². The van der Waals surface area contributed by atoms with Gasteiger partial charge in [0.15, 0.2) is 0 Å². The number of hydrogen-bond donors (Lipinski definition) is 6. The molecule has 66 valence electrons. The lowest BCUT2D eigenvalue weighted by Crippen LogP contribution is -2.32. The van der Waals surface area contributed by atoms with Crippen molar-refractivity contribution >= 4 is 0 Å². The third-order valence-electron chi connectivity index (χ3n) is 0.868. The minimum atomic E-state index is -2.90. The van der Waals surface area contributed by atoms with Crippen LogP contribution in [-0.4, -0.2) is 32.5 Å². The van der Waals surface area contributed by atoms with Crippen LogP contribution >= 0.6 is 0 Å². The molecule has 1 atom stereocenters. The van der Waals surface area contributed by atoms with Gasteiger partial charge in [-0.2, -0.15) is 0 Å². The van der Waals surface area contributed by atoms with Crippen LogP contribution in [0.5, 0.6) is 0 Å². The molecule has 0 aromatic heterocycles. The molecule has 0 aliphatic rings. The molecule has 6 heteroatoms. The van der Waals surface area contributed by atoms with Gasteiger partial charge in [-0.25, -0.2) is 0 Å². The molecule has 1 unspecified atom stereocenters. The first kappa shape index (κ1) is 10.2. The van der Waals surface area contributed by atoms with Crippen LogP contribution in [0, 0.1) is 0 Å². The first-order chi connectivity index (χ1) is 4.81. The maximum Gasteiger partial charge on any atom is 0.278 e. The highest BCUT2D eigenvalue weighted by molar-refractivity contribution is 4.95. The van der Waals surface area contributed by atoms with Crippen molar-refractivity contribution in [2.75, 3.05) is 0 Å². The third-order valence-corrected chi connectivity index (χ3v) is 0.868. The van der Waals surface area contributed by atoms with E-state index in [0.717, 1.165) is 6.08 Å². The minimum absolute atomic E-state index is 0.151. The van der Waals surface area contributed by atoms with Crippen molar-refractivity contribution in [2.45, 2.75) is 18.5 Å². The second-order valence-electron chi connectivity index (χ2n) is 2.21. The van der Waals surface area contributed by atoms with Gasteiger partial charge in [-0.05, 0) is 6.08 Å². The summed E-state index contributed by atoms with van der Waals surface area (Å²) < 4.78 is 0. The van der Waals surface area contributed by atoms with Crippen LogP contribution in [0.4, 0.5) is 0 Å².